The lowest BCUT2D eigenvalue weighted by Crippen LogP contribution is -2.22. The molecule has 0 aliphatic carbocycles. The van der Waals surface area contributed by atoms with Gasteiger partial charge in [0.1, 0.15) is 0 Å². The third-order valence-corrected chi connectivity index (χ3v) is 4.36. The van der Waals surface area contributed by atoms with Gasteiger partial charge in [0.05, 0.1) is 5.25 Å². The normalized spacial score (nSPS) is 11.9. The molecule has 24 heavy (non-hydrogen) atoms. The van der Waals surface area contributed by atoms with Crippen molar-refractivity contribution in [2.24, 2.45) is 0 Å². The van der Waals surface area contributed by atoms with Crippen LogP contribution in [0.15, 0.2) is 59.8 Å². The number of rotatable bonds is 5. The number of H-pyrrole nitrogens is 1. The van der Waals surface area contributed by atoms with Crippen molar-refractivity contribution < 1.29 is 4.79 Å². The van der Waals surface area contributed by atoms with Crippen LogP contribution < -0.4 is 11.1 Å². The maximum absolute atomic E-state index is 12.5. The second-order valence-corrected chi connectivity index (χ2v) is 6.47. The van der Waals surface area contributed by atoms with Crippen LogP contribution in [-0.4, -0.2) is 26.3 Å². The number of para-hydroxylation sites is 1. The Kier molecular flexibility index (Phi) is 4.81. The summed E-state index contributed by atoms with van der Waals surface area (Å²) in [4.78, 5) is 16.5. The van der Waals surface area contributed by atoms with Gasteiger partial charge >= 0.3 is 0 Å². The van der Waals surface area contributed by atoms with Crippen LogP contribution in [0.1, 0.15) is 6.92 Å². The summed E-state index contributed by atoms with van der Waals surface area (Å²) in [6.07, 6.45) is 0. The van der Waals surface area contributed by atoms with Crippen molar-refractivity contribution in [2.45, 2.75) is 17.3 Å². The monoisotopic (exact) mass is 339 g/mol. The molecule has 0 unspecified atom stereocenters. The molecule has 0 spiro atoms. The minimum atomic E-state index is -0.357. The van der Waals surface area contributed by atoms with E-state index >= 15 is 0 Å². The minimum absolute atomic E-state index is 0.119. The molecule has 0 aliphatic rings. The van der Waals surface area contributed by atoms with Gasteiger partial charge in [0, 0.05) is 11.3 Å². The van der Waals surface area contributed by atoms with Gasteiger partial charge in [-0.25, -0.2) is 5.10 Å². The number of amides is 1. The van der Waals surface area contributed by atoms with Crippen molar-refractivity contribution in [2.75, 3.05) is 11.1 Å². The van der Waals surface area contributed by atoms with Crippen LogP contribution in [0, 0.1) is 0 Å². The molecule has 2 aromatic carbocycles. The Hall–Kier alpha value is -2.80. The van der Waals surface area contributed by atoms with Gasteiger partial charge in [0.25, 0.3) is 0 Å². The third-order valence-electron chi connectivity index (χ3n) is 3.40. The van der Waals surface area contributed by atoms with Crippen molar-refractivity contribution >= 4 is 29.3 Å². The average Bonchev–Trinajstić information content (AvgIpc) is 3.01. The first-order valence-corrected chi connectivity index (χ1v) is 8.31. The van der Waals surface area contributed by atoms with Gasteiger partial charge in [-0.05, 0) is 18.6 Å². The molecule has 122 valence electrons. The molecule has 0 bridgehead atoms. The van der Waals surface area contributed by atoms with E-state index in [0.717, 1.165) is 16.8 Å². The lowest BCUT2D eigenvalue weighted by Gasteiger charge is -2.14. The van der Waals surface area contributed by atoms with Gasteiger partial charge in [-0.2, -0.15) is 4.98 Å². The molecule has 3 rings (SSSR count). The fourth-order valence-electron chi connectivity index (χ4n) is 2.22. The first-order valence-electron chi connectivity index (χ1n) is 7.43. The number of hydrogen-bond donors (Lipinski definition) is 3. The van der Waals surface area contributed by atoms with Crippen molar-refractivity contribution in [1.82, 2.24) is 15.2 Å². The lowest BCUT2D eigenvalue weighted by molar-refractivity contribution is -0.115. The predicted molar refractivity (Wildman–Crippen MR) is 96.6 cm³/mol. The minimum Gasteiger partial charge on any atom is -0.368 e. The summed E-state index contributed by atoms with van der Waals surface area (Å²) in [6, 6.07) is 17.7. The molecule has 1 heterocycles. The summed E-state index contributed by atoms with van der Waals surface area (Å²) >= 11 is 1.25. The SMILES string of the molecule is C[C@H](Sc1n[nH]c(N)n1)C(=O)Nc1ccccc1-c1ccccc1. The molecule has 1 aromatic heterocycles. The number of aromatic nitrogens is 3. The van der Waals surface area contributed by atoms with Crippen molar-refractivity contribution in [3.8, 4) is 11.1 Å². The summed E-state index contributed by atoms with van der Waals surface area (Å²) in [7, 11) is 0. The third kappa shape index (κ3) is 3.75. The number of aromatic amines is 1. The van der Waals surface area contributed by atoms with E-state index < -0.39 is 0 Å². The van der Waals surface area contributed by atoms with Crippen LogP contribution in [0.2, 0.25) is 0 Å². The van der Waals surface area contributed by atoms with Gasteiger partial charge in [0.15, 0.2) is 0 Å². The highest BCUT2D eigenvalue weighted by Gasteiger charge is 2.18. The standard InChI is InChI=1S/C17H17N5OS/c1-11(24-17-20-16(18)21-22-17)15(23)19-14-10-6-5-9-13(14)12-7-3-2-4-8-12/h2-11H,1H3,(H,19,23)(H3,18,20,21,22)/t11-/m0/s1. The van der Waals surface area contributed by atoms with Crippen LogP contribution in [0.25, 0.3) is 11.1 Å². The number of nitrogens with zero attached hydrogens (tertiary/aromatic N) is 2. The molecule has 0 saturated carbocycles. The summed E-state index contributed by atoms with van der Waals surface area (Å²) in [5.74, 6) is 0.117. The molecular formula is C17H17N5OS. The van der Waals surface area contributed by atoms with Crippen LogP contribution in [-0.2, 0) is 4.79 Å². The molecule has 4 N–H and O–H groups in total. The van der Waals surface area contributed by atoms with E-state index in [1.54, 1.807) is 6.92 Å². The fourth-order valence-corrected chi connectivity index (χ4v) is 2.95. The van der Waals surface area contributed by atoms with E-state index in [0.29, 0.717) is 5.16 Å². The van der Waals surface area contributed by atoms with E-state index in [9.17, 15) is 4.79 Å². The molecule has 7 heteroatoms. The second kappa shape index (κ2) is 7.18. The maximum Gasteiger partial charge on any atom is 0.237 e. The average molecular weight is 339 g/mol. The number of anilines is 2. The van der Waals surface area contributed by atoms with Gasteiger partial charge in [0.2, 0.25) is 17.0 Å². The summed E-state index contributed by atoms with van der Waals surface area (Å²) in [6.45, 7) is 1.80. The smallest absolute Gasteiger partial charge is 0.237 e. The largest absolute Gasteiger partial charge is 0.368 e. The first kappa shape index (κ1) is 16.1. The highest BCUT2D eigenvalue weighted by molar-refractivity contribution is 8.00. The van der Waals surface area contributed by atoms with Gasteiger partial charge < -0.3 is 11.1 Å². The Morgan fingerprint density at radius 1 is 1.17 bits per heavy atom. The number of carbonyl (C=O) groups excluding carboxylic acids is 1. The number of benzene rings is 2. The summed E-state index contributed by atoms with van der Waals surface area (Å²) in [5, 5.41) is 9.56. The maximum atomic E-state index is 12.5. The van der Waals surface area contributed by atoms with Crippen molar-refractivity contribution in [3.63, 3.8) is 0 Å². The van der Waals surface area contributed by atoms with Crippen molar-refractivity contribution in [1.29, 1.82) is 0 Å². The van der Waals surface area contributed by atoms with Crippen LogP contribution in [0.5, 0.6) is 0 Å². The number of nitrogens with one attached hydrogen (secondary N) is 2. The fraction of sp³-hybridized carbons (Fsp3) is 0.118. The van der Waals surface area contributed by atoms with Crippen molar-refractivity contribution in [3.05, 3.63) is 54.6 Å². The Labute approximate surface area is 143 Å². The number of thioether (sulfide) groups is 1. The quantitative estimate of drug-likeness (QED) is 0.620. The molecule has 0 aliphatic heterocycles. The zero-order valence-electron chi connectivity index (χ0n) is 13.1. The van der Waals surface area contributed by atoms with E-state index in [4.69, 9.17) is 5.73 Å². The highest BCUT2D eigenvalue weighted by atomic mass is 32.2. The van der Waals surface area contributed by atoms with Crippen LogP contribution in [0.3, 0.4) is 0 Å². The number of nitrogen functional groups attached to an aromatic ring is 1. The Morgan fingerprint density at radius 2 is 1.88 bits per heavy atom. The lowest BCUT2D eigenvalue weighted by atomic mass is 10.0. The Morgan fingerprint density at radius 3 is 2.58 bits per heavy atom. The summed E-state index contributed by atoms with van der Waals surface area (Å²) in [5.41, 5.74) is 8.30. The molecular weight excluding hydrogens is 322 g/mol. The molecule has 1 atom stereocenters. The van der Waals surface area contributed by atoms with Crippen LogP contribution in [0.4, 0.5) is 11.6 Å². The van der Waals surface area contributed by atoms with E-state index in [2.05, 4.69) is 20.5 Å². The molecule has 0 radical (unpaired) electrons. The number of hydrogen-bond acceptors (Lipinski definition) is 5. The van der Waals surface area contributed by atoms with Crippen LogP contribution >= 0.6 is 11.8 Å². The zero-order chi connectivity index (χ0) is 16.9. The molecule has 3 aromatic rings. The van der Waals surface area contributed by atoms with Gasteiger partial charge in [-0.15, -0.1) is 5.10 Å². The number of carbonyl (C=O) groups is 1. The Balaban J connectivity index is 1.75. The zero-order valence-corrected chi connectivity index (χ0v) is 13.9. The summed E-state index contributed by atoms with van der Waals surface area (Å²) < 4.78 is 0. The Bertz CT molecular complexity index is 834. The molecule has 1 amide bonds. The van der Waals surface area contributed by atoms with Gasteiger partial charge in [-0.3, -0.25) is 4.79 Å². The topological polar surface area (TPSA) is 96.7 Å². The highest BCUT2D eigenvalue weighted by Crippen LogP contribution is 2.28. The van der Waals surface area contributed by atoms with E-state index in [1.807, 2.05) is 54.6 Å². The number of nitrogens with two attached hydrogens (primary N) is 1. The van der Waals surface area contributed by atoms with E-state index in [1.165, 1.54) is 11.8 Å². The second-order valence-electron chi connectivity index (χ2n) is 5.16. The first-order chi connectivity index (χ1) is 11.6. The van der Waals surface area contributed by atoms with Gasteiger partial charge in [-0.1, -0.05) is 60.3 Å². The molecule has 0 saturated heterocycles. The predicted octanol–water partition coefficient (Wildman–Crippen LogP) is 3.17. The van der Waals surface area contributed by atoms with E-state index in [-0.39, 0.29) is 17.1 Å². The molecule has 0 fully saturated rings. The molecule has 6 nitrogen and oxygen atoms in total.